The number of nitrogens with zero attached hydrogens (tertiary/aromatic N) is 5. The molecule has 4 rings (SSSR count). The third kappa shape index (κ3) is 3.03. The van der Waals surface area contributed by atoms with Crippen LogP contribution in [0.3, 0.4) is 0 Å². The second-order valence-corrected chi connectivity index (χ2v) is 8.05. The first-order valence-electron chi connectivity index (χ1n) is 6.79. The van der Waals surface area contributed by atoms with E-state index < -0.39 is 5.97 Å². The van der Waals surface area contributed by atoms with Gasteiger partial charge in [-0.3, -0.25) is 0 Å². The van der Waals surface area contributed by atoms with E-state index >= 15 is 0 Å². The van der Waals surface area contributed by atoms with Crippen molar-refractivity contribution in [1.82, 2.24) is 25.2 Å². The highest BCUT2D eigenvalue weighted by molar-refractivity contribution is 8.01. The molecule has 0 spiro atoms. The van der Waals surface area contributed by atoms with Gasteiger partial charge in [0.1, 0.15) is 0 Å². The maximum Gasteiger partial charge on any atom is 0.335 e. The number of carboxylic acids is 1. The molecule has 4 aromatic rings. The number of aromatic nitrogens is 5. The zero-order chi connectivity index (χ0) is 16.5. The molecule has 0 bridgehead atoms. The van der Waals surface area contributed by atoms with E-state index in [1.54, 1.807) is 34.2 Å². The lowest BCUT2D eigenvalue weighted by atomic mass is 10.2. The summed E-state index contributed by atoms with van der Waals surface area (Å²) in [6.45, 7) is 0.612. The maximum absolute atomic E-state index is 11.1. The Hall–Kier alpha value is -2.30. The monoisotopic (exact) mass is 375 g/mol. The van der Waals surface area contributed by atoms with Crippen LogP contribution >= 0.6 is 34.4 Å². The summed E-state index contributed by atoms with van der Waals surface area (Å²) in [4.78, 5) is 16.7. The van der Waals surface area contributed by atoms with Gasteiger partial charge in [-0.15, -0.1) is 27.8 Å². The Balaban J connectivity index is 1.60. The molecule has 24 heavy (non-hydrogen) atoms. The van der Waals surface area contributed by atoms with Crippen molar-refractivity contribution >= 4 is 50.6 Å². The molecule has 7 nitrogen and oxygen atoms in total. The summed E-state index contributed by atoms with van der Waals surface area (Å²) in [7, 11) is 0. The van der Waals surface area contributed by atoms with E-state index in [9.17, 15) is 4.79 Å². The minimum atomic E-state index is -0.945. The van der Waals surface area contributed by atoms with Crippen molar-refractivity contribution in [3.63, 3.8) is 0 Å². The highest BCUT2D eigenvalue weighted by atomic mass is 32.2. The Kier molecular flexibility index (Phi) is 4.00. The van der Waals surface area contributed by atoms with Gasteiger partial charge in [0, 0.05) is 4.88 Å². The normalized spacial score (nSPS) is 11.2. The maximum atomic E-state index is 11.1. The molecule has 1 aromatic carbocycles. The van der Waals surface area contributed by atoms with Crippen LogP contribution in [0.25, 0.3) is 10.2 Å². The molecule has 3 heterocycles. The number of benzene rings is 1. The second kappa shape index (κ2) is 6.30. The molecule has 0 atom stereocenters. The highest BCUT2D eigenvalue weighted by Gasteiger charge is 2.14. The lowest BCUT2D eigenvalue weighted by Gasteiger charge is -2.00. The van der Waals surface area contributed by atoms with Crippen LogP contribution < -0.4 is 0 Å². The van der Waals surface area contributed by atoms with Gasteiger partial charge in [-0.2, -0.15) is 0 Å². The van der Waals surface area contributed by atoms with Crippen LogP contribution in [-0.4, -0.2) is 36.3 Å². The number of tetrazole rings is 1. The van der Waals surface area contributed by atoms with Gasteiger partial charge < -0.3 is 5.11 Å². The van der Waals surface area contributed by atoms with Crippen molar-refractivity contribution in [3.05, 3.63) is 46.2 Å². The number of hydrogen-bond acceptors (Lipinski definition) is 8. The van der Waals surface area contributed by atoms with E-state index in [1.807, 2.05) is 17.5 Å². The van der Waals surface area contributed by atoms with Crippen LogP contribution in [0.15, 0.2) is 45.2 Å². The van der Waals surface area contributed by atoms with Gasteiger partial charge in [0.25, 0.3) is 0 Å². The van der Waals surface area contributed by atoms with Crippen LogP contribution in [-0.2, 0) is 6.54 Å². The summed E-state index contributed by atoms with van der Waals surface area (Å²) in [5.74, 6) is -0.945. The molecule has 120 valence electrons. The lowest BCUT2D eigenvalue weighted by molar-refractivity contribution is 0.0697. The molecular weight excluding hydrogens is 366 g/mol. The van der Waals surface area contributed by atoms with Crippen molar-refractivity contribution in [2.24, 2.45) is 0 Å². The molecule has 0 radical (unpaired) electrons. The van der Waals surface area contributed by atoms with Crippen molar-refractivity contribution in [2.45, 2.75) is 16.0 Å². The summed E-state index contributed by atoms with van der Waals surface area (Å²) in [5.41, 5.74) is 1.02. The average molecular weight is 375 g/mol. The Morgan fingerprint density at radius 3 is 3.04 bits per heavy atom. The van der Waals surface area contributed by atoms with E-state index in [1.165, 1.54) is 28.0 Å². The lowest BCUT2D eigenvalue weighted by Crippen LogP contribution is -2.02. The molecule has 0 fully saturated rings. The van der Waals surface area contributed by atoms with Crippen molar-refractivity contribution in [3.8, 4) is 0 Å². The number of carbonyl (C=O) groups is 1. The fourth-order valence-corrected chi connectivity index (χ4v) is 4.74. The van der Waals surface area contributed by atoms with Gasteiger partial charge in [0.15, 0.2) is 4.34 Å². The first-order valence-corrected chi connectivity index (χ1v) is 9.30. The van der Waals surface area contributed by atoms with E-state index in [0.717, 1.165) is 14.6 Å². The van der Waals surface area contributed by atoms with E-state index in [4.69, 9.17) is 5.11 Å². The van der Waals surface area contributed by atoms with Gasteiger partial charge in [-0.1, -0.05) is 6.07 Å². The molecule has 0 aliphatic heterocycles. The summed E-state index contributed by atoms with van der Waals surface area (Å²) in [5, 5.41) is 23.5. The largest absolute Gasteiger partial charge is 0.478 e. The highest BCUT2D eigenvalue weighted by Crippen LogP contribution is 2.33. The first kappa shape index (κ1) is 15.2. The van der Waals surface area contributed by atoms with E-state index in [0.29, 0.717) is 11.7 Å². The number of aromatic carboxylic acids is 1. The van der Waals surface area contributed by atoms with Gasteiger partial charge >= 0.3 is 5.97 Å². The number of rotatable bonds is 5. The number of thiophene rings is 1. The predicted molar refractivity (Wildman–Crippen MR) is 91.9 cm³/mol. The summed E-state index contributed by atoms with van der Waals surface area (Å²) >= 11 is 4.45. The topological polar surface area (TPSA) is 93.8 Å². The van der Waals surface area contributed by atoms with Gasteiger partial charge in [0.2, 0.25) is 5.16 Å². The summed E-state index contributed by atoms with van der Waals surface area (Å²) < 4.78 is 3.33. The molecule has 3 aromatic heterocycles. The Bertz CT molecular complexity index is 1010. The molecule has 0 amide bonds. The standard InChI is InChI=1S/C14H9N5O2S3/c20-12(21)8-3-4-10-11(6-8)23-14(15-10)24-13-16-17-18-19(13)7-9-2-1-5-22-9/h1-6H,7H2,(H,20,21). The summed E-state index contributed by atoms with van der Waals surface area (Å²) in [6, 6.07) is 8.93. The molecule has 0 saturated heterocycles. The van der Waals surface area contributed by atoms with Crippen LogP contribution in [0.5, 0.6) is 0 Å². The third-order valence-corrected chi connectivity index (χ3v) is 6.09. The predicted octanol–water partition coefficient (Wildman–Crippen LogP) is 3.24. The molecule has 10 heteroatoms. The third-order valence-electron chi connectivity index (χ3n) is 3.18. The Labute approximate surface area is 148 Å². The average Bonchev–Trinajstić information content (AvgIpc) is 3.29. The minimum absolute atomic E-state index is 0.255. The molecule has 0 aliphatic rings. The van der Waals surface area contributed by atoms with Crippen LogP contribution in [0.4, 0.5) is 0 Å². The first-order chi connectivity index (χ1) is 11.7. The zero-order valence-electron chi connectivity index (χ0n) is 12.0. The van der Waals surface area contributed by atoms with E-state index in [-0.39, 0.29) is 5.56 Å². The van der Waals surface area contributed by atoms with Crippen LogP contribution in [0, 0.1) is 0 Å². The molecule has 1 N–H and O–H groups in total. The zero-order valence-corrected chi connectivity index (χ0v) is 14.4. The summed E-state index contributed by atoms with van der Waals surface area (Å²) in [6.07, 6.45) is 0. The quantitative estimate of drug-likeness (QED) is 0.572. The number of carboxylic acid groups (broad SMARTS) is 1. The minimum Gasteiger partial charge on any atom is -0.478 e. The van der Waals surface area contributed by atoms with E-state index in [2.05, 4.69) is 20.5 Å². The Morgan fingerprint density at radius 1 is 1.33 bits per heavy atom. The fraction of sp³-hybridized carbons (Fsp3) is 0.0714. The van der Waals surface area contributed by atoms with Gasteiger partial charge in [0.05, 0.1) is 22.3 Å². The SMILES string of the molecule is O=C(O)c1ccc2nc(Sc3nnnn3Cc3cccs3)sc2c1. The van der Waals surface area contributed by atoms with Crippen molar-refractivity contribution < 1.29 is 9.90 Å². The number of hydrogen-bond donors (Lipinski definition) is 1. The van der Waals surface area contributed by atoms with Gasteiger partial charge in [-0.05, 0) is 51.8 Å². The van der Waals surface area contributed by atoms with Gasteiger partial charge in [-0.25, -0.2) is 14.5 Å². The molecule has 0 unspecified atom stereocenters. The second-order valence-electron chi connectivity index (χ2n) is 4.77. The molecular formula is C14H9N5O2S3. The van der Waals surface area contributed by atoms with Crippen LogP contribution in [0.2, 0.25) is 0 Å². The number of fused-ring (bicyclic) bond motifs is 1. The Morgan fingerprint density at radius 2 is 2.25 bits per heavy atom. The molecule has 0 saturated carbocycles. The molecule has 0 aliphatic carbocycles. The fourth-order valence-electron chi connectivity index (χ4n) is 2.08. The smallest absolute Gasteiger partial charge is 0.335 e. The number of thiazole rings is 1. The van der Waals surface area contributed by atoms with Crippen LogP contribution in [0.1, 0.15) is 15.2 Å². The van der Waals surface area contributed by atoms with Crippen molar-refractivity contribution in [1.29, 1.82) is 0 Å². The van der Waals surface area contributed by atoms with Crippen molar-refractivity contribution in [2.75, 3.05) is 0 Å².